The smallest absolute Gasteiger partial charge is 0.196 e. The van der Waals surface area contributed by atoms with E-state index in [9.17, 15) is 0 Å². The van der Waals surface area contributed by atoms with Crippen LogP contribution in [-0.2, 0) is 19.3 Å². The second kappa shape index (κ2) is 30.4. The van der Waals surface area contributed by atoms with Gasteiger partial charge >= 0.3 is 0 Å². The van der Waals surface area contributed by atoms with Gasteiger partial charge in [0.1, 0.15) is 0 Å². The maximum atomic E-state index is 15.9. The van der Waals surface area contributed by atoms with Crippen molar-refractivity contribution in [3.63, 3.8) is 0 Å². The highest BCUT2D eigenvalue weighted by molar-refractivity contribution is 8.00. The first kappa shape index (κ1) is 58.9. The molecular formula is C73H84O2S4. The zero-order valence-corrected chi connectivity index (χ0v) is 51.0. The molecule has 0 amide bonds. The molecule has 6 heteroatoms. The summed E-state index contributed by atoms with van der Waals surface area (Å²) in [7, 11) is 0. The van der Waals surface area contributed by atoms with Crippen LogP contribution >= 0.6 is 47.0 Å². The van der Waals surface area contributed by atoms with E-state index in [2.05, 4.69) is 173 Å². The Morgan fingerprint density at radius 3 is 0.962 bits per heavy atom. The summed E-state index contributed by atoms with van der Waals surface area (Å²) in [5.41, 5.74) is 9.92. The van der Waals surface area contributed by atoms with Gasteiger partial charge in [-0.05, 0) is 182 Å². The lowest BCUT2D eigenvalue weighted by atomic mass is 9.77. The summed E-state index contributed by atoms with van der Waals surface area (Å²) < 4.78 is 0. The number of rotatable bonds is 29. The minimum absolute atomic E-state index is 0.0826. The number of aryl methyl sites for hydroxylation is 3. The van der Waals surface area contributed by atoms with E-state index >= 15 is 9.59 Å². The normalized spacial score (nSPS) is 15.1. The van der Waals surface area contributed by atoms with Crippen LogP contribution in [-0.4, -0.2) is 11.6 Å². The fraction of sp³-hybridized carbons (Fsp3) is 0.397. The monoisotopic (exact) mass is 1120 g/mol. The molecular weight excluding hydrogens is 1040 g/mol. The first-order chi connectivity index (χ1) is 38.8. The molecule has 2 aliphatic rings. The van der Waals surface area contributed by atoms with Crippen molar-refractivity contribution in [1.29, 1.82) is 0 Å². The zero-order valence-electron chi connectivity index (χ0n) is 47.7. The molecule has 0 N–H and O–H groups in total. The van der Waals surface area contributed by atoms with E-state index < -0.39 is 0 Å². The molecule has 0 saturated heterocycles. The summed E-state index contributed by atoms with van der Waals surface area (Å²) in [6.45, 7) is 9.07. The highest BCUT2D eigenvalue weighted by Gasteiger charge is 2.38. The molecule has 9 rings (SSSR count). The second-order valence-electron chi connectivity index (χ2n) is 22.4. The van der Waals surface area contributed by atoms with Crippen LogP contribution in [0.3, 0.4) is 0 Å². The average Bonchev–Trinajstić information content (AvgIpc) is 3.66. The van der Waals surface area contributed by atoms with E-state index in [0.717, 1.165) is 64.3 Å². The molecule has 0 aromatic heterocycles. The molecule has 1 fully saturated rings. The molecule has 2 nitrogen and oxygen atoms in total. The minimum atomic E-state index is -0.0846. The number of hydrogen-bond acceptors (Lipinski definition) is 6. The van der Waals surface area contributed by atoms with Crippen molar-refractivity contribution in [3.05, 3.63) is 190 Å². The summed E-state index contributed by atoms with van der Waals surface area (Å²) in [6.07, 6.45) is 28.8. The average molecular weight is 1120 g/mol. The van der Waals surface area contributed by atoms with Crippen molar-refractivity contribution >= 4 is 58.6 Å². The van der Waals surface area contributed by atoms with Gasteiger partial charge in [-0.25, -0.2) is 0 Å². The van der Waals surface area contributed by atoms with E-state index in [1.54, 1.807) is 47.0 Å². The van der Waals surface area contributed by atoms with Crippen LogP contribution < -0.4 is 0 Å². The predicted octanol–water partition coefficient (Wildman–Crippen LogP) is 23.0. The number of ketones is 2. The number of carbonyl (C=O) groups excluding carboxylic acids is 2. The van der Waals surface area contributed by atoms with E-state index in [0.29, 0.717) is 28.2 Å². The van der Waals surface area contributed by atoms with Gasteiger partial charge in [-0.2, -0.15) is 0 Å². The fourth-order valence-electron chi connectivity index (χ4n) is 11.7. The SMILES string of the molecule is CCCCCCc1ccc(Sc2ccc(Sc3ccc(CCCCCC)cc3)c3c2C(=O)c2c(Sc4ccc(CCCCCC)cc4)ccc(Sc4ccc(-c5ccc(C6CCC(CCCCC)CC6)cc5)cc4)c2C3=O)cc1. The molecule has 0 aliphatic heterocycles. The van der Waals surface area contributed by atoms with Crippen LogP contribution in [0.25, 0.3) is 11.1 Å². The van der Waals surface area contributed by atoms with Crippen LogP contribution in [0.2, 0.25) is 0 Å². The van der Waals surface area contributed by atoms with Gasteiger partial charge in [0.2, 0.25) is 0 Å². The van der Waals surface area contributed by atoms with Crippen LogP contribution in [0.5, 0.6) is 0 Å². The maximum absolute atomic E-state index is 15.9. The third kappa shape index (κ3) is 16.1. The minimum Gasteiger partial charge on any atom is -0.288 e. The highest BCUT2D eigenvalue weighted by Crippen LogP contribution is 2.49. The van der Waals surface area contributed by atoms with E-state index in [-0.39, 0.29) is 11.6 Å². The number of benzene rings is 7. The first-order valence-electron chi connectivity index (χ1n) is 30.4. The summed E-state index contributed by atoms with van der Waals surface area (Å²) >= 11 is 6.37. The Bertz CT molecular complexity index is 3040. The summed E-state index contributed by atoms with van der Waals surface area (Å²) in [6, 6.07) is 53.0. The molecule has 0 spiro atoms. The molecule has 0 atom stereocenters. The van der Waals surface area contributed by atoms with Crippen molar-refractivity contribution in [3.8, 4) is 11.1 Å². The molecule has 0 heterocycles. The molecule has 0 radical (unpaired) electrons. The highest BCUT2D eigenvalue weighted by atomic mass is 32.2. The quantitative estimate of drug-likeness (QED) is 0.0435. The lowest BCUT2D eigenvalue weighted by Gasteiger charge is -2.29. The molecule has 0 bridgehead atoms. The molecule has 2 aliphatic carbocycles. The van der Waals surface area contributed by atoms with Gasteiger partial charge in [0.15, 0.2) is 11.6 Å². The van der Waals surface area contributed by atoms with E-state index in [1.807, 2.05) is 0 Å². The number of unbranched alkanes of at least 4 members (excludes halogenated alkanes) is 11. The standard InChI is InChI=1S/C73H84O2S4/c1-5-9-13-17-21-53-26-40-60(41-27-53)76-64-48-49-65(77-61-42-28-54(29-43-61)22-18-14-10-6-2)69-68(64)72(74)70-66(78-62-44-30-55(31-45-62)23-19-15-11-7-3)50-51-67(71(70)73(69)75)79-63-46-38-59(39-47-63)58-36-34-57(35-37-58)56-32-24-52(25-33-56)20-16-12-8-4/h26-31,34-52,56H,5-25,32-33H2,1-4H3. The summed E-state index contributed by atoms with van der Waals surface area (Å²) in [5.74, 6) is 1.41. The fourth-order valence-corrected chi connectivity index (χ4v) is 15.5. The van der Waals surface area contributed by atoms with Gasteiger partial charge in [0.25, 0.3) is 0 Å². The van der Waals surface area contributed by atoms with Crippen molar-refractivity contribution in [2.45, 2.75) is 220 Å². The third-order valence-electron chi connectivity index (χ3n) is 16.4. The van der Waals surface area contributed by atoms with Gasteiger partial charge in [0.05, 0.1) is 0 Å². The Labute approximate surface area is 492 Å². The van der Waals surface area contributed by atoms with Crippen LogP contribution in [0.4, 0.5) is 0 Å². The summed E-state index contributed by atoms with van der Waals surface area (Å²) in [5, 5.41) is 0. The Balaban J connectivity index is 1.03. The van der Waals surface area contributed by atoms with Gasteiger partial charge in [-0.15, -0.1) is 0 Å². The summed E-state index contributed by atoms with van der Waals surface area (Å²) in [4.78, 5) is 39.3. The molecule has 0 unspecified atom stereocenters. The number of hydrogen-bond donors (Lipinski definition) is 0. The van der Waals surface area contributed by atoms with Gasteiger partial charge < -0.3 is 0 Å². The third-order valence-corrected chi connectivity index (χ3v) is 20.7. The lowest BCUT2D eigenvalue weighted by molar-refractivity contribution is 0.0970. The Morgan fingerprint density at radius 2 is 0.633 bits per heavy atom. The van der Waals surface area contributed by atoms with Gasteiger partial charge in [0, 0.05) is 61.4 Å². The predicted molar refractivity (Wildman–Crippen MR) is 340 cm³/mol. The van der Waals surface area contributed by atoms with E-state index in [4.69, 9.17) is 0 Å². The van der Waals surface area contributed by atoms with Crippen molar-refractivity contribution in [1.82, 2.24) is 0 Å². The molecule has 412 valence electrons. The second-order valence-corrected chi connectivity index (χ2v) is 26.9. The van der Waals surface area contributed by atoms with Crippen molar-refractivity contribution in [2.75, 3.05) is 0 Å². The van der Waals surface area contributed by atoms with E-state index in [1.165, 1.54) is 162 Å². The lowest BCUT2D eigenvalue weighted by Crippen LogP contribution is -2.24. The maximum Gasteiger partial charge on any atom is 0.196 e. The molecule has 1 saturated carbocycles. The van der Waals surface area contributed by atoms with Crippen LogP contribution in [0.1, 0.15) is 216 Å². The number of fused-ring (bicyclic) bond motifs is 2. The zero-order chi connectivity index (χ0) is 54.8. The first-order valence-corrected chi connectivity index (χ1v) is 33.7. The van der Waals surface area contributed by atoms with Gasteiger partial charge in [-0.3, -0.25) is 9.59 Å². The van der Waals surface area contributed by atoms with Crippen LogP contribution in [0, 0.1) is 5.92 Å². The number of carbonyl (C=O) groups is 2. The van der Waals surface area contributed by atoms with Crippen molar-refractivity contribution in [2.24, 2.45) is 5.92 Å². The Kier molecular flexibility index (Phi) is 22.6. The molecule has 7 aromatic rings. The van der Waals surface area contributed by atoms with Crippen LogP contribution in [0.15, 0.2) is 185 Å². The molecule has 79 heavy (non-hydrogen) atoms. The van der Waals surface area contributed by atoms with Crippen molar-refractivity contribution < 1.29 is 9.59 Å². The molecule has 7 aromatic carbocycles. The largest absolute Gasteiger partial charge is 0.288 e. The topological polar surface area (TPSA) is 34.1 Å². The van der Waals surface area contributed by atoms with Gasteiger partial charge in [-0.1, -0.05) is 231 Å². The Hall–Kier alpha value is -4.72. The Morgan fingerprint density at radius 1 is 0.329 bits per heavy atom.